The van der Waals surface area contributed by atoms with E-state index in [0.29, 0.717) is 12.8 Å². The summed E-state index contributed by atoms with van der Waals surface area (Å²) in [6, 6.07) is 2.78. The first kappa shape index (κ1) is 13.5. The summed E-state index contributed by atoms with van der Waals surface area (Å²) in [7, 11) is 0. The number of carbonyl (C=O) groups excluding carboxylic acids is 1. The van der Waals surface area contributed by atoms with Crippen molar-refractivity contribution in [3.63, 3.8) is 0 Å². The molecule has 0 aromatic carbocycles. The minimum Gasteiger partial charge on any atom is -0.481 e. The van der Waals surface area contributed by atoms with Gasteiger partial charge in [0.1, 0.15) is 0 Å². The summed E-state index contributed by atoms with van der Waals surface area (Å²) in [5.41, 5.74) is -1.07. The summed E-state index contributed by atoms with van der Waals surface area (Å²) in [5, 5.41) is 11.8. The van der Waals surface area contributed by atoms with E-state index >= 15 is 0 Å². The maximum atomic E-state index is 13.3. The lowest BCUT2D eigenvalue weighted by atomic mass is 9.86. The van der Waals surface area contributed by atoms with Crippen molar-refractivity contribution in [1.29, 1.82) is 0 Å². The molecule has 0 aliphatic heterocycles. The lowest BCUT2D eigenvalue weighted by molar-refractivity contribution is -0.148. The van der Waals surface area contributed by atoms with E-state index in [2.05, 4.69) is 10.3 Å². The third kappa shape index (κ3) is 2.72. The molecule has 1 aliphatic rings. The topological polar surface area (TPSA) is 79.3 Å². The number of carboxylic acid groups (broad SMARTS) is 1. The highest BCUT2D eigenvalue weighted by Gasteiger charge is 2.41. The molecular weight excluding hydrogens is 251 g/mol. The number of hydrogen-bond donors (Lipinski definition) is 2. The van der Waals surface area contributed by atoms with E-state index in [1.807, 2.05) is 0 Å². The van der Waals surface area contributed by atoms with E-state index in [0.717, 1.165) is 12.8 Å². The summed E-state index contributed by atoms with van der Waals surface area (Å²) in [6.07, 6.45) is 4.00. The molecule has 0 unspecified atom stereocenters. The van der Waals surface area contributed by atoms with Crippen LogP contribution in [0.25, 0.3) is 0 Å². The van der Waals surface area contributed by atoms with Crippen LogP contribution in [0.4, 0.5) is 4.39 Å². The normalized spacial score (nSPS) is 17.1. The average molecular weight is 266 g/mol. The standard InChI is InChI=1S/C13H15FN2O3/c14-10-9(4-3-7-15-10)11(17)16-8-13(12(18)19)5-1-2-6-13/h3-4,7H,1-2,5-6,8H2,(H,16,17)(H,18,19). The van der Waals surface area contributed by atoms with Crippen molar-refractivity contribution in [1.82, 2.24) is 10.3 Å². The molecule has 6 heteroatoms. The highest BCUT2D eigenvalue weighted by Crippen LogP contribution is 2.37. The Kier molecular flexibility index (Phi) is 3.78. The zero-order chi connectivity index (χ0) is 13.9. The maximum absolute atomic E-state index is 13.3. The van der Waals surface area contributed by atoms with Crippen molar-refractivity contribution in [3.8, 4) is 0 Å². The molecule has 1 aromatic rings. The Bertz CT molecular complexity index is 498. The SMILES string of the molecule is O=C(NCC1(C(=O)O)CCCC1)c1cccnc1F. The van der Waals surface area contributed by atoms with Gasteiger partial charge in [-0.1, -0.05) is 12.8 Å². The Morgan fingerprint density at radius 3 is 2.68 bits per heavy atom. The molecular formula is C13H15FN2O3. The Morgan fingerprint density at radius 2 is 2.11 bits per heavy atom. The predicted octanol–water partition coefficient (Wildman–Crippen LogP) is 1.60. The number of aromatic nitrogens is 1. The summed E-state index contributed by atoms with van der Waals surface area (Å²) >= 11 is 0. The second-order valence-corrected chi connectivity index (χ2v) is 4.82. The molecule has 1 amide bonds. The minimum absolute atomic E-state index is 0.0233. The van der Waals surface area contributed by atoms with Gasteiger partial charge in [-0.2, -0.15) is 4.39 Å². The molecule has 1 aromatic heterocycles. The molecule has 0 saturated heterocycles. The second kappa shape index (κ2) is 5.34. The molecule has 1 saturated carbocycles. The van der Waals surface area contributed by atoms with E-state index in [-0.39, 0.29) is 12.1 Å². The molecule has 1 heterocycles. The van der Waals surface area contributed by atoms with Gasteiger partial charge in [-0.05, 0) is 25.0 Å². The fraction of sp³-hybridized carbons (Fsp3) is 0.462. The van der Waals surface area contributed by atoms with Crippen LogP contribution in [0.2, 0.25) is 0 Å². The zero-order valence-corrected chi connectivity index (χ0v) is 10.4. The predicted molar refractivity (Wildman–Crippen MR) is 65.1 cm³/mol. The van der Waals surface area contributed by atoms with Gasteiger partial charge in [0.15, 0.2) is 0 Å². The number of carboxylic acids is 1. The van der Waals surface area contributed by atoms with Gasteiger partial charge in [0.25, 0.3) is 5.91 Å². The quantitative estimate of drug-likeness (QED) is 0.811. The van der Waals surface area contributed by atoms with Gasteiger partial charge in [-0.3, -0.25) is 9.59 Å². The Morgan fingerprint density at radius 1 is 1.42 bits per heavy atom. The highest BCUT2D eigenvalue weighted by atomic mass is 19.1. The molecule has 5 nitrogen and oxygen atoms in total. The Labute approximate surface area is 109 Å². The van der Waals surface area contributed by atoms with Crippen LogP contribution in [0.1, 0.15) is 36.0 Å². The third-order valence-corrected chi connectivity index (χ3v) is 3.61. The van der Waals surface area contributed by atoms with Crippen LogP contribution in [0.5, 0.6) is 0 Å². The summed E-state index contributed by atoms with van der Waals surface area (Å²) in [6.45, 7) is 0.0233. The lowest BCUT2D eigenvalue weighted by Gasteiger charge is -2.23. The number of pyridine rings is 1. The van der Waals surface area contributed by atoms with E-state index in [1.165, 1.54) is 18.3 Å². The molecule has 1 fully saturated rings. The van der Waals surface area contributed by atoms with Gasteiger partial charge in [0, 0.05) is 12.7 Å². The van der Waals surface area contributed by atoms with E-state index in [9.17, 15) is 19.1 Å². The van der Waals surface area contributed by atoms with Crippen LogP contribution < -0.4 is 5.32 Å². The Hall–Kier alpha value is -1.98. The van der Waals surface area contributed by atoms with E-state index in [4.69, 9.17) is 0 Å². The molecule has 2 rings (SSSR count). The number of nitrogens with one attached hydrogen (secondary N) is 1. The van der Waals surface area contributed by atoms with Crippen molar-refractivity contribution >= 4 is 11.9 Å². The number of amides is 1. The maximum Gasteiger partial charge on any atom is 0.311 e. The van der Waals surface area contributed by atoms with Crippen LogP contribution >= 0.6 is 0 Å². The van der Waals surface area contributed by atoms with Crippen LogP contribution in [0.15, 0.2) is 18.3 Å². The number of rotatable bonds is 4. The fourth-order valence-electron chi connectivity index (χ4n) is 2.42. The smallest absolute Gasteiger partial charge is 0.311 e. The van der Waals surface area contributed by atoms with Gasteiger partial charge >= 0.3 is 5.97 Å². The van der Waals surface area contributed by atoms with Gasteiger partial charge in [0.05, 0.1) is 11.0 Å². The van der Waals surface area contributed by atoms with Crippen LogP contribution in [0.3, 0.4) is 0 Å². The largest absolute Gasteiger partial charge is 0.481 e. The lowest BCUT2D eigenvalue weighted by Crippen LogP contribution is -2.41. The molecule has 0 radical (unpaired) electrons. The Balaban J connectivity index is 2.04. The third-order valence-electron chi connectivity index (χ3n) is 3.61. The van der Waals surface area contributed by atoms with Crippen molar-refractivity contribution in [3.05, 3.63) is 29.8 Å². The first-order chi connectivity index (χ1) is 9.05. The van der Waals surface area contributed by atoms with Gasteiger partial charge in [0.2, 0.25) is 5.95 Å². The summed E-state index contributed by atoms with van der Waals surface area (Å²) in [4.78, 5) is 26.5. The fourth-order valence-corrected chi connectivity index (χ4v) is 2.42. The summed E-state index contributed by atoms with van der Waals surface area (Å²) in [5.74, 6) is -2.38. The molecule has 0 atom stereocenters. The van der Waals surface area contributed by atoms with Crippen molar-refractivity contribution in [2.24, 2.45) is 5.41 Å². The number of nitrogens with zero attached hydrogens (tertiary/aromatic N) is 1. The molecule has 102 valence electrons. The van der Waals surface area contributed by atoms with Gasteiger partial charge in [-0.15, -0.1) is 0 Å². The molecule has 1 aliphatic carbocycles. The highest BCUT2D eigenvalue weighted by molar-refractivity contribution is 5.94. The van der Waals surface area contributed by atoms with Crippen LogP contribution in [0, 0.1) is 11.4 Å². The van der Waals surface area contributed by atoms with Crippen LogP contribution in [-0.2, 0) is 4.79 Å². The first-order valence-electron chi connectivity index (χ1n) is 6.17. The first-order valence-corrected chi connectivity index (χ1v) is 6.17. The number of halogens is 1. The number of aliphatic carboxylic acids is 1. The van der Waals surface area contributed by atoms with E-state index in [1.54, 1.807) is 0 Å². The monoisotopic (exact) mass is 266 g/mol. The van der Waals surface area contributed by atoms with Crippen molar-refractivity contribution < 1.29 is 19.1 Å². The molecule has 0 spiro atoms. The zero-order valence-electron chi connectivity index (χ0n) is 10.4. The van der Waals surface area contributed by atoms with Crippen molar-refractivity contribution in [2.45, 2.75) is 25.7 Å². The van der Waals surface area contributed by atoms with Crippen LogP contribution in [-0.4, -0.2) is 28.5 Å². The molecule has 2 N–H and O–H groups in total. The minimum atomic E-state index is -0.908. The van der Waals surface area contributed by atoms with Gasteiger partial charge < -0.3 is 10.4 Å². The number of carbonyl (C=O) groups is 2. The molecule has 19 heavy (non-hydrogen) atoms. The number of hydrogen-bond acceptors (Lipinski definition) is 3. The van der Waals surface area contributed by atoms with Gasteiger partial charge in [-0.25, -0.2) is 4.98 Å². The second-order valence-electron chi connectivity index (χ2n) is 4.82. The molecule has 0 bridgehead atoms. The van der Waals surface area contributed by atoms with E-state index < -0.39 is 23.2 Å². The van der Waals surface area contributed by atoms with Crippen molar-refractivity contribution in [2.75, 3.05) is 6.54 Å². The average Bonchev–Trinajstić information content (AvgIpc) is 2.86. The summed E-state index contributed by atoms with van der Waals surface area (Å²) < 4.78 is 13.3.